The van der Waals surface area contributed by atoms with Gasteiger partial charge >= 0.3 is 6.18 Å². The van der Waals surface area contributed by atoms with Gasteiger partial charge in [-0.2, -0.15) is 13.2 Å². The lowest BCUT2D eigenvalue weighted by Gasteiger charge is -2.13. The Balaban J connectivity index is 1.58. The molecule has 2 N–H and O–H groups in total. The average Bonchev–Trinajstić information content (AvgIpc) is 3.14. The molecule has 1 amide bonds. The number of hydrogen-bond acceptors (Lipinski definition) is 4. The number of H-pyrrole nitrogens is 1. The summed E-state index contributed by atoms with van der Waals surface area (Å²) < 4.78 is 52.1. The van der Waals surface area contributed by atoms with Gasteiger partial charge in [-0.05, 0) is 42.0 Å². The van der Waals surface area contributed by atoms with Crippen molar-refractivity contribution in [1.82, 2.24) is 15.2 Å². The van der Waals surface area contributed by atoms with Gasteiger partial charge in [0.1, 0.15) is 11.6 Å². The number of alkyl halides is 3. The summed E-state index contributed by atoms with van der Waals surface area (Å²) in [6.45, 7) is 0. The van der Waals surface area contributed by atoms with E-state index in [-0.39, 0.29) is 27.4 Å². The molecule has 0 aliphatic rings. The normalized spacial score (nSPS) is 11.8. The van der Waals surface area contributed by atoms with E-state index in [4.69, 9.17) is 11.6 Å². The number of carbonyl (C=O) groups is 1. The Kier molecular flexibility index (Phi) is 6.78. The van der Waals surface area contributed by atoms with Crippen LogP contribution in [0.4, 0.5) is 23.2 Å². The summed E-state index contributed by atoms with van der Waals surface area (Å²) in [5, 5.41) is 8.97. The molecule has 3 rings (SSSR count). The smallest absolute Gasteiger partial charge is 0.325 e. The summed E-state index contributed by atoms with van der Waals surface area (Å²) in [6.07, 6.45) is -1.34. The summed E-state index contributed by atoms with van der Waals surface area (Å²) in [5.74, 6) is -0.788. The number of carbonyl (C=O) groups excluding carboxylic acids is 1. The number of benzene rings is 2. The Hall–Kier alpha value is -2.85. The maximum Gasteiger partial charge on any atom is 0.418 e. The number of thioether (sulfide) groups is 1. The van der Waals surface area contributed by atoms with E-state index in [9.17, 15) is 22.4 Å². The van der Waals surface area contributed by atoms with E-state index in [0.29, 0.717) is 5.82 Å². The van der Waals surface area contributed by atoms with Crippen LogP contribution in [-0.4, -0.2) is 26.8 Å². The van der Waals surface area contributed by atoms with Crippen LogP contribution >= 0.6 is 23.4 Å². The molecule has 0 unspecified atom stereocenters. The van der Waals surface area contributed by atoms with Gasteiger partial charge in [-0.15, -0.1) is 5.10 Å². The van der Waals surface area contributed by atoms with Gasteiger partial charge in [0.15, 0.2) is 0 Å². The highest BCUT2D eigenvalue weighted by molar-refractivity contribution is 7.99. The van der Waals surface area contributed by atoms with Crippen LogP contribution in [0.15, 0.2) is 47.6 Å². The van der Waals surface area contributed by atoms with E-state index in [1.807, 2.05) is 0 Å². The molecule has 11 heteroatoms. The van der Waals surface area contributed by atoms with Crippen molar-refractivity contribution in [2.45, 2.75) is 11.3 Å². The molecule has 0 atom stereocenters. The van der Waals surface area contributed by atoms with Crippen molar-refractivity contribution in [2.75, 3.05) is 11.1 Å². The highest BCUT2D eigenvalue weighted by Gasteiger charge is 2.34. The van der Waals surface area contributed by atoms with E-state index in [0.717, 1.165) is 29.5 Å². The maximum absolute atomic E-state index is 13.1. The Morgan fingerprint density at radius 1 is 1.17 bits per heavy atom. The topological polar surface area (TPSA) is 70.7 Å². The first kappa shape index (κ1) is 21.8. The Morgan fingerprint density at radius 3 is 2.60 bits per heavy atom. The summed E-state index contributed by atoms with van der Waals surface area (Å²) in [6, 6.07) is 8.94. The third-order valence-corrected chi connectivity index (χ3v) is 4.76. The van der Waals surface area contributed by atoms with Gasteiger partial charge in [0.25, 0.3) is 0 Å². The van der Waals surface area contributed by atoms with Crippen LogP contribution in [-0.2, 0) is 11.0 Å². The molecule has 156 valence electrons. The zero-order valence-electron chi connectivity index (χ0n) is 15.0. The van der Waals surface area contributed by atoms with Gasteiger partial charge in [0.05, 0.1) is 17.0 Å². The molecular formula is C19H13ClF4N4OS. The third-order valence-electron chi connectivity index (χ3n) is 3.68. The summed E-state index contributed by atoms with van der Waals surface area (Å²) in [7, 11) is 0. The number of amides is 1. The fraction of sp³-hybridized carbons (Fsp3) is 0.105. The number of rotatable bonds is 6. The van der Waals surface area contributed by atoms with Crippen LogP contribution in [0, 0.1) is 5.82 Å². The molecule has 2 aromatic carbocycles. The lowest BCUT2D eigenvalue weighted by atomic mass is 10.1. The SMILES string of the molecule is O=C(CSc1n[nH]c(/C=C/c2ccc(F)cc2)n1)Nc1ccc(Cl)cc1C(F)(F)F. The van der Waals surface area contributed by atoms with Crippen molar-refractivity contribution in [3.05, 3.63) is 70.3 Å². The molecule has 1 aromatic heterocycles. The van der Waals surface area contributed by atoms with Gasteiger partial charge in [0, 0.05) is 5.02 Å². The van der Waals surface area contributed by atoms with E-state index in [1.54, 1.807) is 24.3 Å². The second kappa shape index (κ2) is 9.31. The number of aromatic nitrogens is 3. The van der Waals surface area contributed by atoms with Gasteiger partial charge in [-0.3, -0.25) is 9.89 Å². The van der Waals surface area contributed by atoms with E-state index < -0.39 is 17.6 Å². The third kappa shape index (κ3) is 6.07. The molecular weight excluding hydrogens is 444 g/mol. The highest BCUT2D eigenvalue weighted by atomic mass is 35.5. The highest BCUT2D eigenvalue weighted by Crippen LogP contribution is 2.36. The Bertz CT molecular complexity index is 1070. The zero-order valence-corrected chi connectivity index (χ0v) is 16.6. The number of hydrogen-bond donors (Lipinski definition) is 2. The molecule has 1 heterocycles. The molecule has 30 heavy (non-hydrogen) atoms. The molecule has 3 aromatic rings. The van der Waals surface area contributed by atoms with Crippen LogP contribution in [0.5, 0.6) is 0 Å². The van der Waals surface area contributed by atoms with Crippen LogP contribution in [0.25, 0.3) is 12.2 Å². The van der Waals surface area contributed by atoms with Crippen molar-refractivity contribution in [3.63, 3.8) is 0 Å². The number of halogens is 5. The van der Waals surface area contributed by atoms with Crippen LogP contribution < -0.4 is 5.32 Å². The predicted octanol–water partition coefficient (Wildman–Crippen LogP) is 5.52. The second-order valence-electron chi connectivity index (χ2n) is 5.91. The summed E-state index contributed by atoms with van der Waals surface area (Å²) in [5.41, 5.74) is -0.653. The van der Waals surface area contributed by atoms with E-state index >= 15 is 0 Å². The van der Waals surface area contributed by atoms with Gasteiger partial charge < -0.3 is 5.32 Å². The Labute approximate surface area is 177 Å². The number of anilines is 1. The van der Waals surface area contributed by atoms with Crippen LogP contribution in [0.2, 0.25) is 5.02 Å². The zero-order chi connectivity index (χ0) is 21.7. The molecule has 0 saturated carbocycles. The number of nitrogens with zero attached hydrogens (tertiary/aromatic N) is 2. The first-order valence-corrected chi connectivity index (χ1v) is 9.72. The predicted molar refractivity (Wildman–Crippen MR) is 108 cm³/mol. The largest absolute Gasteiger partial charge is 0.418 e. The Morgan fingerprint density at radius 2 is 1.90 bits per heavy atom. The van der Waals surface area contributed by atoms with Crippen LogP contribution in [0.1, 0.15) is 17.0 Å². The van der Waals surface area contributed by atoms with Crippen molar-refractivity contribution in [1.29, 1.82) is 0 Å². The lowest BCUT2D eigenvalue weighted by molar-refractivity contribution is -0.137. The minimum absolute atomic E-state index is 0.0864. The quantitative estimate of drug-likeness (QED) is 0.378. The average molecular weight is 457 g/mol. The first-order valence-electron chi connectivity index (χ1n) is 8.36. The molecule has 0 aliphatic carbocycles. The fourth-order valence-corrected chi connectivity index (χ4v) is 3.10. The molecule has 0 bridgehead atoms. The minimum Gasteiger partial charge on any atom is -0.325 e. The maximum atomic E-state index is 13.1. The van der Waals surface area contributed by atoms with Gasteiger partial charge in [0.2, 0.25) is 11.1 Å². The van der Waals surface area contributed by atoms with Crippen molar-refractivity contribution in [3.8, 4) is 0 Å². The summed E-state index contributed by atoms with van der Waals surface area (Å²) >= 11 is 6.57. The van der Waals surface area contributed by atoms with Crippen molar-refractivity contribution < 1.29 is 22.4 Å². The standard InChI is InChI=1S/C19H13ClF4N4OS/c20-12-4-7-15(14(9-12)19(22,23)24)25-17(29)10-30-18-26-16(27-28-18)8-3-11-1-5-13(21)6-2-11/h1-9H,10H2,(H,25,29)(H,26,27,28)/b8-3+. The molecule has 0 aliphatic heterocycles. The molecule has 5 nitrogen and oxygen atoms in total. The molecule has 0 saturated heterocycles. The monoisotopic (exact) mass is 456 g/mol. The molecule has 0 radical (unpaired) electrons. The minimum atomic E-state index is -4.66. The summed E-state index contributed by atoms with van der Waals surface area (Å²) in [4.78, 5) is 16.2. The lowest BCUT2D eigenvalue weighted by Crippen LogP contribution is -2.18. The second-order valence-corrected chi connectivity index (χ2v) is 7.29. The fourth-order valence-electron chi connectivity index (χ4n) is 2.32. The van der Waals surface area contributed by atoms with E-state index in [1.165, 1.54) is 18.2 Å². The van der Waals surface area contributed by atoms with E-state index in [2.05, 4.69) is 20.5 Å². The number of aromatic amines is 1. The first-order chi connectivity index (χ1) is 14.2. The van der Waals surface area contributed by atoms with Gasteiger partial charge in [-0.1, -0.05) is 41.6 Å². The molecule has 0 fully saturated rings. The van der Waals surface area contributed by atoms with Crippen LogP contribution in [0.3, 0.4) is 0 Å². The number of nitrogens with one attached hydrogen (secondary N) is 2. The van der Waals surface area contributed by atoms with Gasteiger partial charge in [-0.25, -0.2) is 9.37 Å². The van der Waals surface area contributed by atoms with Crippen molar-refractivity contribution >= 4 is 47.1 Å². The molecule has 0 spiro atoms. The van der Waals surface area contributed by atoms with Crippen molar-refractivity contribution in [2.24, 2.45) is 0 Å².